The number of carbonyl (C=O) groups excluding carboxylic acids is 1. The second kappa shape index (κ2) is 2.90. The number of halogens is 1. The van der Waals surface area contributed by atoms with E-state index in [2.05, 4.69) is 10.6 Å². The van der Waals surface area contributed by atoms with Crippen molar-refractivity contribution in [1.82, 2.24) is 5.32 Å². The monoisotopic (exact) mass is 198 g/mol. The molecule has 1 amide bonds. The van der Waals surface area contributed by atoms with Crippen LogP contribution >= 0.6 is 11.6 Å². The molecule has 1 aromatic carbocycles. The van der Waals surface area contributed by atoms with Crippen molar-refractivity contribution in [2.24, 2.45) is 0 Å². The normalized spacial score (nSPS) is 20.2. The van der Waals surface area contributed by atoms with Gasteiger partial charge in [0.2, 0.25) is 6.35 Å². The van der Waals surface area contributed by atoms with E-state index in [0.717, 1.165) is 0 Å². The first-order valence-electron chi connectivity index (χ1n) is 3.72. The Bertz CT molecular complexity index is 367. The molecule has 1 aromatic rings. The molecule has 0 spiro atoms. The van der Waals surface area contributed by atoms with E-state index in [0.29, 0.717) is 16.3 Å². The number of anilines is 1. The molecule has 0 aliphatic carbocycles. The van der Waals surface area contributed by atoms with Crippen molar-refractivity contribution in [1.29, 1.82) is 0 Å². The van der Waals surface area contributed by atoms with Crippen LogP contribution in [-0.4, -0.2) is 17.4 Å². The highest BCUT2D eigenvalue weighted by molar-refractivity contribution is 6.31. The lowest BCUT2D eigenvalue weighted by Gasteiger charge is -2.23. The predicted octanol–water partition coefficient (Wildman–Crippen LogP) is 0.771. The Labute approximate surface area is 79.5 Å². The molecule has 0 aromatic heterocycles. The van der Waals surface area contributed by atoms with Gasteiger partial charge in [0.1, 0.15) is 0 Å². The van der Waals surface area contributed by atoms with Crippen LogP contribution in [0.2, 0.25) is 5.02 Å². The average Bonchev–Trinajstić information content (AvgIpc) is 2.06. The second-order valence-electron chi connectivity index (χ2n) is 2.71. The Morgan fingerprint density at radius 2 is 2.15 bits per heavy atom. The molecule has 1 aliphatic heterocycles. The largest absolute Gasteiger partial charge is 0.356 e. The number of aliphatic hydroxyl groups excluding tert-OH is 1. The summed E-state index contributed by atoms with van der Waals surface area (Å²) in [5.41, 5.74) is 1.03. The number of benzene rings is 1. The minimum absolute atomic E-state index is 0.330. The van der Waals surface area contributed by atoms with Gasteiger partial charge in [-0.3, -0.25) is 4.79 Å². The standard InChI is InChI=1S/C8H7ClN2O2/c9-4-1-2-6-5(3-4)7(12)11-8(13)10-6/h1-3,8,10,13H,(H,11,12). The van der Waals surface area contributed by atoms with Gasteiger partial charge in [0.25, 0.3) is 5.91 Å². The van der Waals surface area contributed by atoms with E-state index >= 15 is 0 Å². The Morgan fingerprint density at radius 1 is 1.38 bits per heavy atom. The lowest BCUT2D eigenvalue weighted by molar-refractivity contribution is 0.0813. The van der Waals surface area contributed by atoms with Gasteiger partial charge in [0, 0.05) is 5.02 Å². The van der Waals surface area contributed by atoms with Gasteiger partial charge in [-0.05, 0) is 18.2 Å². The van der Waals surface area contributed by atoms with Crippen molar-refractivity contribution in [2.75, 3.05) is 5.32 Å². The summed E-state index contributed by atoms with van der Waals surface area (Å²) in [7, 11) is 0. The topological polar surface area (TPSA) is 61.4 Å². The summed E-state index contributed by atoms with van der Waals surface area (Å²) in [6.07, 6.45) is -1.03. The number of hydrogen-bond donors (Lipinski definition) is 3. The minimum Gasteiger partial charge on any atom is -0.356 e. The van der Waals surface area contributed by atoms with E-state index in [9.17, 15) is 4.79 Å². The lowest BCUT2D eigenvalue weighted by atomic mass is 10.1. The van der Waals surface area contributed by atoms with E-state index in [1.165, 1.54) is 0 Å². The molecule has 4 nitrogen and oxygen atoms in total. The van der Waals surface area contributed by atoms with Crippen molar-refractivity contribution < 1.29 is 9.90 Å². The van der Waals surface area contributed by atoms with E-state index in [1.54, 1.807) is 18.2 Å². The first-order valence-corrected chi connectivity index (χ1v) is 4.09. The molecular formula is C8H7ClN2O2. The molecule has 1 aliphatic rings. The summed E-state index contributed by atoms with van der Waals surface area (Å²) in [5.74, 6) is -0.330. The van der Waals surface area contributed by atoms with Crippen molar-refractivity contribution in [3.8, 4) is 0 Å². The maximum absolute atomic E-state index is 11.3. The third-order valence-corrected chi connectivity index (χ3v) is 2.02. The van der Waals surface area contributed by atoms with Crippen LogP contribution in [0.4, 0.5) is 5.69 Å². The molecule has 0 bridgehead atoms. The molecular weight excluding hydrogens is 192 g/mol. The molecule has 0 saturated carbocycles. The second-order valence-corrected chi connectivity index (χ2v) is 3.15. The number of nitrogens with one attached hydrogen (secondary N) is 2. The van der Waals surface area contributed by atoms with Crippen molar-refractivity contribution in [3.63, 3.8) is 0 Å². The quantitative estimate of drug-likeness (QED) is 0.577. The molecule has 3 N–H and O–H groups in total. The first kappa shape index (κ1) is 8.34. The van der Waals surface area contributed by atoms with E-state index in [-0.39, 0.29) is 5.91 Å². The molecule has 13 heavy (non-hydrogen) atoms. The van der Waals surface area contributed by atoms with E-state index in [4.69, 9.17) is 16.7 Å². The predicted molar refractivity (Wildman–Crippen MR) is 48.5 cm³/mol. The highest BCUT2D eigenvalue weighted by Crippen LogP contribution is 2.23. The number of carbonyl (C=O) groups is 1. The van der Waals surface area contributed by atoms with Crippen LogP contribution in [0.5, 0.6) is 0 Å². The number of fused-ring (bicyclic) bond motifs is 1. The first-order chi connectivity index (χ1) is 6.16. The van der Waals surface area contributed by atoms with Gasteiger partial charge < -0.3 is 15.7 Å². The zero-order valence-corrected chi connectivity index (χ0v) is 7.30. The fourth-order valence-corrected chi connectivity index (χ4v) is 1.39. The van der Waals surface area contributed by atoms with Gasteiger partial charge >= 0.3 is 0 Å². The van der Waals surface area contributed by atoms with Gasteiger partial charge in [0.05, 0.1) is 11.3 Å². The highest BCUT2D eigenvalue weighted by Gasteiger charge is 2.21. The zero-order chi connectivity index (χ0) is 9.42. The van der Waals surface area contributed by atoms with Crippen LogP contribution < -0.4 is 10.6 Å². The van der Waals surface area contributed by atoms with Crippen LogP contribution in [0, 0.1) is 0 Å². The van der Waals surface area contributed by atoms with Crippen LogP contribution in [-0.2, 0) is 0 Å². The van der Waals surface area contributed by atoms with E-state index in [1.807, 2.05) is 0 Å². The lowest BCUT2D eigenvalue weighted by Crippen LogP contribution is -2.44. The Hall–Kier alpha value is -1.26. The SMILES string of the molecule is O=C1NC(O)Nc2ccc(Cl)cc21. The maximum atomic E-state index is 11.3. The smallest absolute Gasteiger partial charge is 0.256 e. The Balaban J connectivity index is 2.49. The van der Waals surface area contributed by atoms with Gasteiger partial charge in [-0.2, -0.15) is 0 Å². The molecule has 0 fully saturated rings. The highest BCUT2D eigenvalue weighted by atomic mass is 35.5. The summed E-state index contributed by atoms with van der Waals surface area (Å²) < 4.78 is 0. The third-order valence-electron chi connectivity index (χ3n) is 1.79. The maximum Gasteiger partial charge on any atom is 0.256 e. The van der Waals surface area contributed by atoms with Crippen LogP contribution in [0.15, 0.2) is 18.2 Å². The fourth-order valence-electron chi connectivity index (χ4n) is 1.22. The van der Waals surface area contributed by atoms with Gasteiger partial charge in [-0.15, -0.1) is 0 Å². The summed E-state index contributed by atoms with van der Waals surface area (Å²) in [6, 6.07) is 4.85. The average molecular weight is 199 g/mol. The van der Waals surface area contributed by atoms with Crippen molar-refractivity contribution in [3.05, 3.63) is 28.8 Å². The molecule has 0 radical (unpaired) electrons. The molecule has 0 saturated heterocycles. The third kappa shape index (κ3) is 1.46. The van der Waals surface area contributed by atoms with Crippen LogP contribution in [0.25, 0.3) is 0 Å². The molecule has 1 heterocycles. The van der Waals surface area contributed by atoms with E-state index < -0.39 is 6.35 Å². The molecule has 2 rings (SSSR count). The summed E-state index contributed by atoms with van der Waals surface area (Å²) in [6.45, 7) is 0. The number of hydrogen-bond acceptors (Lipinski definition) is 3. The zero-order valence-electron chi connectivity index (χ0n) is 6.54. The fraction of sp³-hybridized carbons (Fsp3) is 0.125. The molecule has 5 heteroatoms. The molecule has 68 valence electrons. The Morgan fingerprint density at radius 3 is 2.92 bits per heavy atom. The van der Waals surface area contributed by atoms with Crippen LogP contribution in [0.1, 0.15) is 10.4 Å². The molecule has 1 atom stereocenters. The summed E-state index contributed by atoms with van der Waals surface area (Å²) in [5, 5.41) is 14.6. The number of rotatable bonds is 0. The van der Waals surface area contributed by atoms with Crippen LogP contribution in [0.3, 0.4) is 0 Å². The van der Waals surface area contributed by atoms with Gasteiger partial charge in [-0.1, -0.05) is 11.6 Å². The number of amides is 1. The Kier molecular flexibility index (Phi) is 1.86. The number of aliphatic hydroxyl groups is 1. The minimum atomic E-state index is -1.03. The summed E-state index contributed by atoms with van der Waals surface area (Å²) >= 11 is 5.71. The van der Waals surface area contributed by atoms with Gasteiger partial charge in [0.15, 0.2) is 0 Å². The van der Waals surface area contributed by atoms with Crippen molar-refractivity contribution in [2.45, 2.75) is 6.35 Å². The summed E-state index contributed by atoms with van der Waals surface area (Å²) in [4.78, 5) is 11.3. The van der Waals surface area contributed by atoms with Gasteiger partial charge in [-0.25, -0.2) is 0 Å². The van der Waals surface area contributed by atoms with Crippen molar-refractivity contribution >= 4 is 23.2 Å². The molecule has 1 unspecified atom stereocenters.